The predicted molar refractivity (Wildman–Crippen MR) is 163 cm³/mol. The third-order valence-electron chi connectivity index (χ3n) is 7.05. The maximum atomic E-state index is 13.9. The highest BCUT2D eigenvalue weighted by atomic mass is 32.2. The van der Waals surface area contributed by atoms with Crippen molar-refractivity contribution in [1.82, 2.24) is 10.2 Å². The van der Waals surface area contributed by atoms with Gasteiger partial charge in [0.05, 0.1) is 11.9 Å². The number of benzene rings is 3. The highest BCUT2D eigenvalue weighted by molar-refractivity contribution is 7.92. The number of anilines is 1. The lowest BCUT2D eigenvalue weighted by Crippen LogP contribution is -2.50. The normalized spacial score (nSPS) is 13.2. The van der Waals surface area contributed by atoms with Crippen LogP contribution in [0.1, 0.15) is 37.3 Å². The van der Waals surface area contributed by atoms with Gasteiger partial charge in [-0.1, -0.05) is 49.4 Å². The summed E-state index contributed by atoms with van der Waals surface area (Å²) in [6.45, 7) is 3.32. The zero-order valence-corrected chi connectivity index (χ0v) is 25.3. The van der Waals surface area contributed by atoms with E-state index in [-0.39, 0.29) is 44.2 Å². The summed E-state index contributed by atoms with van der Waals surface area (Å²) in [6.07, 6.45) is 2.33. The molecule has 3 aromatic carbocycles. The van der Waals surface area contributed by atoms with Crippen molar-refractivity contribution in [3.05, 3.63) is 89.7 Å². The Morgan fingerprint density at radius 3 is 2.33 bits per heavy atom. The van der Waals surface area contributed by atoms with Gasteiger partial charge in [0, 0.05) is 38.5 Å². The van der Waals surface area contributed by atoms with Gasteiger partial charge in [-0.05, 0) is 48.2 Å². The molecule has 0 aliphatic carbocycles. The van der Waals surface area contributed by atoms with Gasteiger partial charge in [0.2, 0.25) is 21.8 Å². The van der Waals surface area contributed by atoms with E-state index in [4.69, 9.17) is 9.47 Å². The van der Waals surface area contributed by atoms with Crippen molar-refractivity contribution in [1.29, 1.82) is 0 Å². The number of amides is 2. The smallest absolute Gasteiger partial charge is 0.243 e. The summed E-state index contributed by atoms with van der Waals surface area (Å²) in [6, 6.07) is 19.4. The summed E-state index contributed by atoms with van der Waals surface area (Å²) >= 11 is 0. The van der Waals surface area contributed by atoms with Crippen LogP contribution in [-0.4, -0.2) is 63.7 Å². The van der Waals surface area contributed by atoms with Crippen LogP contribution in [0.3, 0.4) is 0 Å². The van der Waals surface area contributed by atoms with E-state index < -0.39 is 21.9 Å². The molecule has 1 unspecified atom stereocenters. The summed E-state index contributed by atoms with van der Waals surface area (Å²) in [5.74, 6) is 0.00700. The van der Waals surface area contributed by atoms with Gasteiger partial charge in [-0.2, -0.15) is 0 Å². The van der Waals surface area contributed by atoms with Crippen LogP contribution in [0.2, 0.25) is 0 Å². The molecule has 11 heteroatoms. The van der Waals surface area contributed by atoms with Gasteiger partial charge in [-0.3, -0.25) is 13.9 Å². The topological polar surface area (TPSA) is 105 Å². The lowest BCUT2D eigenvalue weighted by molar-refractivity contribution is -0.141. The Morgan fingerprint density at radius 2 is 1.65 bits per heavy atom. The second-order valence-electron chi connectivity index (χ2n) is 10.4. The Morgan fingerprint density at radius 1 is 0.953 bits per heavy atom. The van der Waals surface area contributed by atoms with Crippen molar-refractivity contribution >= 4 is 27.5 Å². The molecule has 1 atom stereocenters. The first kappa shape index (κ1) is 31.8. The van der Waals surface area contributed by atoms with Crippen LogP contribution < -0.4 is 19.1 Å². The third-order valence-corrected chi connectivity index (χ3v) is 8.25. The number of ether oxygens (including phenoxy) is 2. The fourth-order valence-electron chi connectivity index (χ4n) is 4.90. The molecular weight excluding hydrogens is 573 g/mol. The van der Waals surface area contributed by atoms with Crippen LogP contribution in [0, 0.1) is 5.82 Å². The minimum absolute atomic E-state index is 0.00981. The average molecular weight is 612 g/mol. The van der Waals surface area contributed by atoms with Crippen LogP contribution in [0.4, 0.5) is 10.1 Å². The summed E-state index contributed by atoms with van der Waals surface area (Å²) in [5.41, 5.74) is 1.96. The highest BCUT2D eigenvalue weighted by Gasteiger charge is 2.30. The molecule has 0 fully saturated rings. The quantitative estimate of drug-likeness (QED) is 0.291. The number of hydrogen-bond donors (Lipinski definition) is 1. The lowest BCUT2D eigenvalue weighted by atomic mass is 10.0. The summed E-state index contributed by atoms with van der Waals surface area (Å²) in [5, 5.41) is 2.92. The van der Waals surface area contributed by atoms with E-state index in [0.29, 0.717) is 42.5 Å². The van der Waals surface area contributed by atoms with E-state index in [1.165, 1.54) is 21.3 Å². The number of nitrogens with zero attached hydrogens (tertiary/aromatic N) is 2. The number of halogens is 1. The van der Waals surface area contributed by atoms with Crippen molar-refractivity contribution in [2.75, 3.05) is 36.9 Å². The number of carbonyl (C=O) groups is 2. The number of rotatable bonds is 14. The molecular formula is C32H38FN3O6S. The third kappa shape index (κ3) is 8.93. The van der Waals surface area contributed by atoms with Gasteiger partial charge in [0.1, 0.15) is 25.1 Å². The minimum Gasteiger partial charge on any atom is -0.486 e. The van der Waals surface area contributed by atoms with E-state index in [9.17, 15) is 22.4 Å². The fraction of sp³-hybridized carbons (Fsp3) is 0.375. The van der Waals surface area contributed by atoms with E-state index in [1.807, 2.05) is 37.3 Å². The number of hydrogen-bond acceptors (Lipinski definition) is 6. The van der Waals surface area contributed by atoms with Crippen molar-refractivity contribution in [3.8, 4) is 11.5 Å². The highest BCUT2D eigenvalue weighted by Crippen LogP contribution is 2.34. The molecule has 1 N–H and O–H groups in total. The molecule has 0 spiro atoms. The zero-order chi connectivity index (χ0) is 30.8. The van der Waals surface area contributed by atoms with Gasteiger partial charge in [-0.25, -0.2) is 12.8 Å². The Kier molecular flexibility index (Phi) is 11.0. The maximum absolute atomic E-state index is 13.9. The number of fused-ring (bicyclic) bond motifs is 1. The van der Waals surface area contributed by atoms with Crippen LogP contribution in [0.5, 0.6) is 11.5 Å². The molecule has 1 aliphatic heterocycles. The van der Waals surface area contributed by atoms with Gasteiger partial charge >= 0.3 is 0 Å². The number of carbonyl (C=O) groups excluding carboxylic acids is 2. The fourth-order valence-corrected chi connectivity index (χ4v) is 5.85. The molecule has 230 valence electrons. The summed E-state index contributed by atoms with van der Waals surface area (Å²) in [4.78, 5) is 28.8. The SMILES string of the molecule is CCCNC(=O)C(Cc1ccccc1)N(Cc1ccc(F)cc1)C(=O)CCCN(c1ccc2c(c1)OCCO2)S(C)(=O)=O. The molecule has 9 nitrogen and oxygen atoms in total. The molecule has 43 heavy (non-hydrogen) atoms. The number of nitrogens with one attached hydrogen (secondary N) is 1. The molecule has 0 bridgehead atoms. The van der Waals surface area contributed by atoms with Crippen molar-refractivity contribution < 1.29 is 31.9 Å². The van der Waals surface area contributed by atoms with Crippen molar-refractivity contribution in [2.45, 2.75) is 45.2 Å². The second-order valence-corrected chi connectivity index (χ2v) is 12.3. The largest absolute Gasteiger partial charge is 0.486 e. The van der Waals surface area contributed by atoms with E-state index in [2.05, 4.69) is 5.32 Å². The Hall–Kier alpha value is -4.12. The Labute approximate surface area is 252 Å². The summed E-state index contributed by atoms with van der Waals surface area (Å²) in [7, 11) is -3.68. The molecule has 2 amide bonds. The molecule has 0 saturated carbocycles. The van der Waals surface area contributed by atoms with E-state index in [1.54, 1.807) is 30.3 Å². The number of sulfonamides is 1. The first-order valence-corrected chi connectivity index (χ1v) is 16.2. The van der Waals surface area contributed by atoms with Gasteiger partial charge in [0.25, 0.3) is 0 Å². The Balaban J connectivity index is 1.56. The lowest BCUT2D eigenvalue weighted by Gasteiger charge is -2.32. The maximum Gasteiger partial charge on any atom is 0.243 e. The standard InChI is InChI=1S/C32H38FN3O6S/c1-3-17-34-32(38)28(21-24-8-5-4-6-9-24)35(23-25-11-13-26(33)14-12-25)31(37)10-7-18-36(43(2,39)40)27-15-16-29-30(22-27)42-20-19-41-29/h4-6,8-9,11-16,22,28H,3,7,10,17-21,23H2,1-2H3,(H,34,38). The zero-order valence-electron chi connectivity index (χ0n) is 24.5. The molecule has 3 aromatic rings. The first-order valence-electron chi connectivity index (χ1n) is 14.4. The molecule has 0 radical (unpaired) electrons. The molecule has 0 aromatic heterocycles. The van der Waals surface area contributed by atoms with Crippen LogP contribution in [0.15, 0.2) is 72.8 Å². The van der Waals surface area contributed by atoms with Crippen LogP contribution >= 0.6 is 0 Å². The monoisotopic (exact) mass is 611 g/mol. The second kappa shape index (κ2) is 14.9. The van der Waals surface area contributed by atoms with Crippen molar-refractivity contribution in [2.24, 2.45) is 0 Å². The Bertz CT molecular complexity index is 1480. The van der Waals surface area contributed by atoms with Crippen molar-refractivity contribution in [3.63, 3.8) is 0 Å². The molecule has 4 rings (SSSR count). The van der Waals surface area contributed by atoms with Crippen LogP contribution in [0.25, 0.3) is 0 Å². The average Bonchev–Trinajstić information content (AvgIpc) is 3.00. The van der Waals surface area contributed by atoms with E-state index >= 15 is 0 Å². The minimum atomic E-state index is -3.68. The van der Waals surface area contributed by atoms with Gasteiger partial charge in [-0.15, -0.1) is 0 Å². The van der Waals surface area contributed by atoms with E-state index in [0.717, 1.165) is 18.2 Å². The molecule has 1 heterocycles. The van der Waals surface area contributed by atoms with Crippen LogP contribution in [-0.2, 0) is 32.6 Å². The van der Waals surface area contributed by atoms with Gasteiger partial charge < -0.3 is 19.7 Å². The molecule has 1 aliphatic rings. The first-order chi connectivity index (χ1) is 20.7. The predicted octanol–water partition coefficient (Wildman–Crippen LogP) is 4.31. The van der Waals surface area contributed by atoms with Gasteiger partial charge in [0.15, 0.2) is 11.5 Å². The molecule has 0 saturated heterocycles. The summed E-state index contributed by atoms with van der Waals surface area (Å²) < 4.78 is 51.6.